The summed E-state index contributed by atoms with van der Waals surface area (Å²) in [7, 11) is 0. The zero-order valence-electron chi connectivity index (χ0n) is 16.5. The van der Waals surface area contributed by atoms with Gasteiger partial charge in [-0.05, 0) is 19.1 Å². The van der Waals surface area contributed by atoms with Gasteiger partial charge in [-0.25, -0.2) is 18.7 Å². The van der Waals surface area contributed by atoms with Crippen LogP contribution < -0.4 is 4.74 Å². The highest BCUT2D eigenvalue weighted by molar-refractivity contribution is 5.96. The van der Waals surface area contributed by atoms with Crippen molar-refractivity contribution in [1.29, 1.82) is 0 Å². The average Bonchev–Trinajstić information content (AvgIpc) is 3.12. The first-order valence-corrected chi connectivity index (χ1v) is 9.29. The fraction of sp³-hybridized carbons (Fsp3) is 0.381. The summed E-state index contributed by atoms with van der Waals surface area (Å²) in [6.07, 6.45) is 0.740. The minimum absolute atomic E-state index is 0.0157. The van der Waals surface area contributed by atoms with Gasteiger partial charge in [0.1, 0.15) is 22.8 Å². The van der Waals surface area contributed by atoms with Crippen LogP contribution in [0.4, 0.5) is 8.78 Å². The maximum absolute atomic E-state index is 12.9. The third-order valence-corrected chi connectivity index (χ3v) is 4.65. The lowest BCUT2D eigenvalue weighted by Crippen LogP contribution is -2.22. The molecule has 0 saturated carbocycles. The Morgan fingerprint density at radius 1 is 1.28 bits per heavy atom. The van der Waals surface area contributed by atoms with Crippen LogP contribution in [0, 0.1) is 0 Å². The highest BCUT2D eigenvalue weighted by Gasteiger charge is 2.24. The third kappa shape index (κ3) is 4.42. The number of aliphatic hydroxyl groups is 1. The van der Waals surface area contributed by atoms with Gasteiger partial charge in [0.15, 0.2) is 5.78 Å². The number of alkyl halides is 2. The Morgan fingerprint density at radius 2 is 2.03 bits per heavy atom. The zero-order chi connectivity index (χ0) is 21.2. The van der Waals surface area contributed by atoms with Gasteiger partial charge >= 0.3 is 0 Å². The van der Waals surface area contributed by atoms with Gasteiger partial charge in [0.2, 0.25) is 0 Å². The molecule has 0 spiro atoms. The van der Waals surface area contributed by atoms with Crippen LogP contribution >= 0.6 is 0 Å². The molecule has 154 valence electrons. The number of pyridine rings is 2. The van der Waals surface area contributed by atoms with Gasteiger partial charge in [-0.1, -0.05) is 19.9 Å². The normalized spacial score (nSPS) is 12.0. The van der Waals surface area contributed by atoms with E-state index >= 15 is 0 Å². The number of aromatic nitrogens is 3. The summed E-state index contributed by atoms with van der Waals surface area (Å²) in [6, 6.07) is 5.74. The van der Waals surface area contributed by atoms with E-state index in [1.165, 1.54) is 18.2 Å². The number of imidazole rings is 1. The minimum Gasteiger partial charge on any atom is -0.493 e. The van der Waals surface area contributed by atoms with Gasteiger partial charge in [-0.3, -0.25) is 4.79 Å². The first-order valence-electron chi connectivity index (χ1n) is 9.29. The predicted octanol–water partition coefficient (Wildman–Crippen LogP) is 3.76. The van der Waals surface area contributed by atoms with Crippen LogP contribution in [0.1, 0.15) is 54.6 Å². The largest absolute Gasteiger partial charge is 0.493 e. The molecule has 29 heavy (non-hydrogen) atoms. The van der Waals surface area contributed by atoms with Crippen LogP contribution in [0.25, 0.3) is 5.65 Å². The molecular formula is C21H23F2N3O3. The lowest BCUT2D eigenvalue weighted by Gasteiger charge is -2.17. The quantitative estimate of drug-likeness (QED) is 0.580. The topological polar surface area (TPSA) is 76.7 Å². The van der Waals surface area contributed by atoms with Gasteiger partial charge in [-0.15, -0.1) is 0 Å². The number of fused-ring (bicyclic) bond motifs is 1. The number of carbonyl (C=O) groups is 1. The van der Waals surface area contributed by atoms with Gasteiger partial charge in [-0.2, -0.15) is 0 Å². The number of halogens is 2. The van der Waals surface area contributed by atoms with Crippen molar-refractivity contribution in [1.82, 2.24) is 14.4 Å². The molecule has 3 aromatic rings. The number of ether oxygens (including phenoxy) is 1. The van der Waals surface area contributed by atoms with Crippen LogP contribution in [0.15, 0.2) is 36.7 Å². The molecule has 0 saturated heterocycles. The Labute approximate surface area is 167 Å². The van der Waals surface area contributed by atoms with Gasteiger partial charge < -0.3 is 14.2 Å². The standard InChI is InChI=1S/C21H23F2N3O3/c1-4-29-17-9-19-25-18(21(2,3)12-27)11-26(19)10-13(17)8-16(28)14-6-5-7-15(24-14)20(22)23/h5-7,9-11,20,27H,4,8,12H2,1-3H3. The number of hydrogen-bond donors (Lipinski definition) is 1. The first kappa shape index (κ1) is 20.9. The second-order valence-corrected chi connectivity index (χ2v) is 7.38. The molecule has 0 radical (unpaired) electrons. The second kappa shape index (κ2) is 8.24. The molecule has 1 N–H and O–H groups in total. The van der Waals surface area contributed by atoms with Crippen molar-refractivity contribution in [3.05, 3.63) is 59.3 Å². The van der Waals surface area contributed by atoms with Crippen LogP contribution in [0.3, 0.4) is 0 Å². The number of ketones is 1. The van der Waals surface area contributed by atoms with E-state index in [2.05, 4.69) is 9.97 Å². The fourth-order valence-corrected chi connectivity index (χ4v) is 2.88. The molecule has 0 aliphatic heterocycles. The van der Waals surface area contributed by atoms with Crippen molar-refractivity contribution in [3.63, 3.8) is 0 Å². The maximum atomic E-state index is 12.9. The lowest BCUT2D eigenvalue weighted by molar-refractivity contribution is 0.0984. The zero-order valence-corrected chi connectivity index (χ0v) is 16.5. The van der Waals surface area contributed by atoms with E-state index in [1.807, 2.05) is 20.8 Å². The van der Waals surface area contributed by atoms with Crippen molar-refractivity contribution in [2.75, 3.05) is 13.2 Å². The average molecular weight is 403 g/mol. The van der Waals surface area contributed by atoms with E-state index in [0.29, 0.717) is 29.3 Å². The molecule has 0 aromatic carbocycles. The van der Waals surface area contributed by atoms with Crippen LogP contribution in [-0.4, -0.2) is 38.5 Å². The molecule has 0 aliphatic rings. The molecule has 3 rings (SSSR count). The SMILES string of the molecule is CCOc1cc2nc(C(C)(C)CO)cn2cc1CC(=O)c1cccc(C(F)F)n1. The van der Waals surface area contributed by atoms with E-state index < -0.39 is 17.5 Å². The highest BCUT2D eigenvalue weighted by Crippen LogP contribution is 2.27. The van der Waals surface area contributed by atoms with Crippen molar-refractivity contribution in [2.24, 2.45) is 0 Å². The van der Waals surface area contributed by atoms with Crippen LogP contribution in [0.5, 0.6) is 5.75 Å². The van der Waals surface area contributed by atoms with Gasteiger partial charge in [0, 0.05) is 35.9 Å². The maximum Gasteiger partial charge on any atom is 0.280 e. The second-order valence-electron chi connectivity index (χ2n) is 7.38. The molecule has 0 unspecified atom stereocenters. The van der Waals surface area contributed by atoms with E-state index in [-0.39, 0.29) is 24.5 Å². The molecule has 3 aromatic heterocycles. The van der Waals surface area contributed by atoms with Crippen LogP contribution in [-0.2, 0) is 11.8 Å². The molecule has 6 nitrogen and oxygen atoms in total. The minimum atomic E-state index is -2.74. The summed E-state index contributed by atoms with van der Waals surface area (Å²) < 4.78 is 33.2. The number of rotatable bonds is 8. The number of hydrogen-bond acceptors (Lipinski definition) is 5. The summed E-state index contributed by atoms with van der Waals surface area (Å²) in [5, 5.41) is 9.59. The van der Waals surface area contributed by atoms with Crippen molar-refractivity contribution >= 4 is 11.4 Å². The molecule has 8 heteroatoms. The van der Waals surface area contributed by atoms with E-state index in [9.17, 15) is 18.7 Å². The van der Waals surface area contributed by atoms with E-state index in [1.54, 1.807) is 22.9 Å². The predicted molar refractivity (Wildman–Crippen MR) is 104 cm³/mol. The molecule has 0 amide bonds. The summed E-state index contributed by atoms with van der Waals surface area (Å²) in [6.45, 7) is 5.92. The summed E-state index contributed by atoms with van der Waals surface area (Å²) >= 11 is 0. The monoisotopic (exact) mass is 403 g/mol. The first-order chi connectivity index (χ1) is 13.7. The molecule has 0 atom stereocenters. The Balaban J connectivity index is 1.97. The Morgan fingerprint density at radius 3 is 2.69 bits per heavy atom. The number of aliphatic hydroxyl groups excluding tert-OH is 1. The molecule has 0 fully saturated rings. The highest BCUT2D eigenvalue weighted by atomic mass is 19.3. The molecule has 3 heterocycles. The number of nitrogens with zero attached hydrogens (tertiary/aromatic N) is 3. The number of carbonyl (C=O) groups excluding carboxylic acids is 1. The Bertz CT molecular complexity index is 1030. The van der Waals surface area contributed by atoms with Gasteiger partial charge in [0.05, 0.1) is 18.9 Å². The van der Waals surface area contributed by atoms with Gasteiger partial charge in [0.25, 0.3) is 6.43 Å². The summed E-state index contributed by atoms with van der Waals surface area (Å²) in [4.78, 5) is 21.0. The number of Topliss-reactive ketones (excluding diaryl/α,β-unsaturated/α-hetero) is 1. The Kier molecular flexibility index (Phi) is 5.93. The lowest BCUT2D eigenvalue weighted by atomic mass is 9.91. The smallest absolute Gasteiger partial charge is 0.280 e. The summed E-state index contributed by atoms with van der Waals surface area (Å²) in [5.41, 5.74) is 0.961. The van der Waals surface area contributed by atoms with Crippen molar-refractivity contribution in [2.45, 2.75) is 39.0 Å². The van der Waals surface area contributed by atoms with Crippen molar-refractivity contribution in [3.8, 4) is 5.75 Å². The Hall–Kier alpha value is -2.87. The van der Waals surface area contributed by atoms with Crippen LogP contribution in [0.2, 0.25) is 0 Å². The third-order valence-electron chi connectivity index (χ3n) is 4.65. The summed E-state index contributed by atoms with van der Waals surface area (Å²) in [5.74, 6) is 0.112. The fourth-order valence-electron chi connectivity index (χ4n) is 2.88. The molecule has 0 bridgehead atoms. The van der Waals surface area contributed by atoms with Crippen molar-refractivity contribution < 1.29 is 23.4 Å². The van der Waals surface area contributed by atoms with E-state index in [4.69, 9.17) is 4.74 Å². The molecule has 0 aliphatic carbocycles. The molecular weight excluding hydrogens is 380 g/mol. The van der Waals surface area contributed by atoms with E-state index in [0.717, 1.165) is 0 Å².